The molecule has 1 heterocycles. The van der Waals surface area contributed by atoms with Crippen LogP contribution in [0.3, 0.4) is 0 Å². The molecule has 5 nitrogen and oxygen atoms in total. The summed E-state index contributed by atoms with van der Waals surface area (Å²) in [6.45, 7) is 15.7. The fraction of sp³-hybridized carbons (Fsp3) is 0.500. The van der Waals surface area contributed by atoms with Crippen LogP contribution >= 0.6 is 0 Å². The van der Waals surface area contributed by atoms with Crippen LogP contribution in [0.4, 0.5) is 23.0 Å². The molecule has 0 amide bonds. The van der Waals surface area contributed by atoms with Crippen molar-refractivity contribution >= 4 is 23.0 Å². The van der Waals surface area contributed by atoms with Crippen molar-refractivity contribution in [3.8, 4) is 0 Å². The Morgan fingerprint density at radius 3 is 2.28 bits per heavy atom. The topological polar surface area (TPSA) is 53.1 Å². The van der Waals surface area contributed by atoms with Gasteiger partial charge in [0.1, 0.15) is 17.5 Å². The van der Waals surface area contributed by atoms with Crippen molar-refractivity contribution in [3.63, 3.8) is 0 Å². The zero-order valence-corrected chi connectivity index (χ0v) is 16.3. The maximum absolute atomic E-state index is 4.51. The van der Waals surface area contributed by atoms with Gasteiger partial charge < -0.3 is 15.5 Å². The lowest BCUT2D eigenvalue weighted by atomic mass is 10.1. The second-order valence-corrected chi connectivity index (χ2v) is 6.76. The van der Waals surface area contributed by atoms with Crippen LogP contribution in [-0.2, 0) is 0 Å². The van der Waals surface area contributed by atoms with E-state index in [0.29, 0.717) is 5.92 Å². The van der Waals surface area contributed by atoms with Gasteiger partial charge in [0, 0.05) is 37.1 Å². The first kappa shape index (κ1) is 19.0. The van der Waals surface area contributed by atoms with E-state index in [0.717, 1.165) is 42.8 Å². The summed E-state index contributed by atoms with van der Waals surface area (Å²) in [6, 6.07) is 8.48. The zero-order valence-electron chi connectivity index (χ0n) is 16.3. The number of hydrogen-bond acceptors (Lipinski definition) is 5. The van der Waals surface area contributed by atoms with E-state index in [1.54, 1.807) is 0 Å². The second kappa shape index (κ2) is 8.70. The Morgan fingerprint density at radius 1 is 1.00 bits per heavy atom. The summed E-state index contributed by atoms with van der Waals surface area (Å²) in [7, 11) is 0. The highest BCUT2D eigenvalue weighted by Gasteiger charge is 2.07. The SMILES string of the molecule is CCN(CC)c1ccc(Nc2cc(NCC(C)C)nc(C)n2)c(C)c1. The van der Waals surface area contributed by atoms with E-state index in [1.807, 2.05) is 13.0 Å². The number of hydrogen-bond donors (Lipinski definition) is 2. The molecule has 25 heavy (non-hydrogen) atoms. The molecule has 0 unspecified atom stereocenters. The van der Waals surface area contributed by atoms with Crippen LogP contribution in [-0.4, -0.2) is 29.6 Å². The van der Waals surface area contributed by atoms with Crippen molar-refractivity contribution in [1.29, 1.82) is 0 Å². The average Bonchev–Trinajstić information content (AvgIpc) is 2.56. The van der Waals surface area contributed by atoms with Gasteiger partial charge in [-0.3, -0.25) is 0 Å². The van der Waals surface area contributed by atoms with Gasteiger partial charge in [-0.25, -0.2) is 9.97 Å². The minimum absolute atomic E-state index is 0.571. The number of rotatable bonds is 8. The number of benzene rings is 1. The van der Waals surface area contributed by atoms with Gasteiger partial charge in [-0.2, -0.15) is 0 Å². The summed E-state index contributed by atoms with van der Waals surface area (Å²) >= 11 is 0. The minimum atomic E-state index is 0.571. The van der Waals surface area contributed by atoms with Gasteiger partial charge in [-0.05, 0) is 57.4 Å². The van der Waals surface area contributed by atoms with Crippen LogP contribution in [0.5, 0.6) is 0 Å². The van der Waals surface area contributed by atoms with E-state index < -0.39 is 0 Å². The molecule has 0 fully saturated rings. The van der Waals surface area contributed by atoms with E-state index >= 15 is 0 Å². The Hall–Kier alpha value is -2.30. The quantitative estimate of drug-likeness (QED) is 0.725. The lowest BCUT2D eigenvalue weighted by Gasteiger charge is -2.22. The summed E-state index contributed by atoms with van der Waals surface area (Å²) < 4.78 is 0. The normalized spacial score (nSPS) is 10.8. The third kappa shape index (κ3) is 5.34. The van der Waals surface area contributed by atoms with Crippen LogP contribution in [0.25, 0.3) is 0 Å². The Morgan fingerprint density at radius 2 is 1.68 bits per heavy atom. The standard InChI is InChI=1S/C20H31N5/c1-7-25(8-2)17-9-10-18(15(5)11-17)24-20-12-19(21-13-14(3)4)22-16(6)23-20/h9-12,14H,7-8,13H2,1-6H3,(H2,21,22,23,24). The summed E-state index contributed by atoms with van der Waals surface area (Å²) in [5, 5.41) is 6.80. The fourth-order valence-electron chi connectivity index (χ4n) is 2.74. The molecular formula is C20H31N5. The van der Waals surface area contributed by atoms with Crippen molar-refractivity contribution in [2.24, 2.45) is 5.92 Å². The number of aryl methyl sites for hydroxylation is 2. The molecule has 0 radical (unpaired) electrons. The predicted octanol–water partition coefficient (Wildman–Crippen LogP) is 4.75. The van der Waals surface area contributed by atoms with Crippen LogP contribution in [0.2, 0.25) is 0 Å². The summed E-state index contributed by atoms with van der Waals surface area (Å²) in [6.07, 6.45) is 0. The molecule has 0 atom stereocenters. The number of nitrogens with zero attached hydrogens (tertiary/aromatic N) is 3. The van der Waals surface area contributed by atoms with Crippen molar-refractivity contribution in [2.75, 3.05) is 35.2 Å². The third-order valence-corrected chi connectivity index (χ3v) is 4.13. The lowest BCUT2D eigenvalue weighted by molar-refractivity contribution is 0.686. The summed E-state index contributed by atoms with van der Waals surface area (Å²) in [4.78, 5) is 11.3. The lowest BCUT2D eigenvalue weighted by Crippen LogP contribution is -2.21. The minimum Gasteiger partial charge on any atom is -0.372 e. The zero-order chi connectivity index (χ0) is 18.4. The van der Waals surface area contributed by atoms with Gasteiger partial charge in [0.05, 0.1) is 0 Å². The molecule has 0 aliphatic rings. The number of aromatic nitrogens is 2. The van der Waals surface area contributed by atoms with Crippen molar-refractivity contribution in [1.82, 2.24) is 9.97 Å². The first-order chi connectivity index (χ1) is 11.9. The molecule has 2 N–H and O–H groups in total. The van der Waals surface area contributed by atoms with Gasteiger partial charge in [-0.1, -0.05) is 13.8 Å². The monoisotopic (exact) mass is 341 g/mol. The van der Waals surface area contributed by atoms with Crippen molar-refractivity contribution < 1.29 is 0 Å². The smallest absolute Gasteiger partial charge is 0.136 e. The molecule has 0 saturated heterocycles. The van der Waals surface area contributed by atoms with E-state index in [-0.39, 0.29) is 0 Å². The first-order valence-electron chi connectivity index (χ1n) is 9.15. The molecule has 136 valence electrons. The average molecular weight is 342 g/mol. The van der Waals surface area contributed by atoms with Crippen molar-refractivity contribution in [2.45, 2.75) is 41.5 Å². The molecule has 0 aliphatic carbocycles. The summed E-state index contributed by atoms with van der Waals surface area (Å²) in [5.41, 5.74) is 3.53. The van der Waals surface area contributed by atoms with Gasteiger partial charge in [0.15, 0.2) is 0 Å². The molecule has 0 saturated carbocycles. The molecule has 2 rings (SSSR count). The molecular weight excluding hydrogens is 310 g/mol. The Bertz CT molecular complexity index is 692. The van der Waals surface area contributed by atoms with Gasteiger partial charge in [0.2, 0.25) is 0 Å². The van der Waals surface area contributed by atoms with Crippen LogP contribution in [0.1, 0.15) is 39.1 Å². The second-order valence-electron chi connectivity index (χ2n) is 6.76. The van der Waals surface area contributed by atoms with Crippen LogP contribution in [0, 0.1) is 19.8 Å². The highest BCUT2D eigenvalue weighted by atomic mass is 15.1. The molecule has 0 aliphatic heterocycles. The van der Waals surface area contributed by atoms with Crippen molar-refractivity contribution in [3.05, 3.63) is 35.7 Å². The first-order valence-corrected chi connectivity index (χ1v) is 9.15. The number of anilines is 4. The molecule has 5 heteroatoms. The van der Waals surface area contributed by atoms with Crippen LogP contribution in [0.15, 0.2) is 24.3 Å². The molecule has 1 aromatic carbocycles. The largest absolute Gasteiger partial charge is 0.372 e. The van der Waals surface area contributed by atoms with E-state index in [1.165, 1.54) is 11.3 Å². The van der Waals surface area contributed by atoms with Crippen LogP contribution < -0.4 is 15.5 Å². The van der Waals surface area contributed by atoms with E-state index in [4.69, 9.17) is 0 Å². The molecule has 2 aromatic rings. The van der Waals surface area contributed by atoms with Gasteiger partial charge in [-0.15, -0.1) is 0 Å². The highest BCUT2D eigenvalue weighted by Crippen LogP contribution is 2.25. The van der Waals surface area contributed by atoms with Gasteiger partial charge >= 0.3 is 0 Å². The van der Waals surface area contributed by atoms with E-state index in [9.17, 15) is 0 Å². The Balaban J connectivity index is 2.18. The maximum atomic E-state index is 4.51. The summed E-state index contributed by atoms with van der Waals surface area (Å²) in [5.74, 6) is 3.01. The highest BCUT2D eigenvalue weighted by molar-refractivity contribution is 5.66. The van der Waals surface area contributed by atoms with Gasteiger partial charge in [0.25, 0.3) is 0 Å². The molecule has 1 aromatic heterocycles. The Kier molecular flexibility index (Phi) is 6.62. The molecule has 0 bridgehead atoms. The maximum Gasteiger partial charge on any atom is 0.136 e. The molecule has 0 spiro atoms. The third-order valence-electron chi connectivity index (χ3n) is 4.13. The Labute approximate surface area is 151 Å². The predicted molar refractivity (Wildman–Crippen MR) is 108 cm³/mol. The fourth-order valence-corrected chi connectivity index (χ4v) is 2.74. The van der Waals surface area contributed by atoms with E-state index in [2.05, 4.69) is 78.3 Å². The number of nitrogens with one attached hydrogen (secondary N) is 2.